The largest absolute Gasteiger partial charge is 0.280 e. The van der Waals surface area contributed by atoms with Crippen molar-refractivity contribution in [3.63, 3.8) is 0 Å². The molecule has 0 saturated heterocycles. The van der Waals surface area contributed by atoms with E-state index in [-0.39, 0.29) is 11.5 Å². The summed E-state index contributed by atoms with van der Waals surface area (Å²) in [6.45, 7) is 0. The molecule has 0 aliphatic carbocycles. The number of hydrogen-bond acceptors (Lipinski definition) is 5. The fraction of sp³-hybridized carbons (Fsp3) is 0. The van der Waals surface area contributed by atoms with Gasteiger partial charge in [0.1, 0.15) is 6.07 Å². The normalized spacial score (nSPS) is 10.3. The fourth-order valence-electron chi connectivity index (χ4n) is 1.93. The van der Waals surface area contributed by atoms with E-state index in [1.807, 2.05) is 6.07 Å². The van der Waals surface area contributed by atoms with Crippen LogP contribution in [0.5, 0.6) is 0 Å². The first-order chi connectivity index (χ1) is 9.70. The smallest absolute Gasteiger partial charge is 0.258 e. The molecule has 2 aromatic heterocycles. The maximum Gasteiger partial charge on any atom is 0.280 e. The topological polar surface area (TPSA) is 97.1 Å². The summed E-state index contributed by atoms with van der Waals surface area (Å²) in [5.41, 5.74) is 1.000. The SMILES string of the molecule is N#Cc1cccn2nc(-c3ccccc3[N+](=O)[O-])nc12. The average Bonchev–Trinajstić information content (AvgIpc) is 2.90. The number of rotatable bonds is 2. The lowest BCUT2D eigenvalue weighted by molar-refractivity contribution is -0.384. The van der Waals surface area contributed by atoms with Gasteiger partial charge < -0.3 is 0 Å². The van der Waals surface area contributed by atoms with Crippen LogP contribution >= 0.6 is 0 Å². The Morgan fingerprint density at radius 1 is 1.25 bits per heavy atom. The third kappa shape index (κ3) is 1.76. The molecule has 3 rings (SSSR count). The Bertz CT molecular complexity index is 863. The molecule has 0 radical (unpaired) electrons. The summed E-state index contributed by atoms with van der Waals surface area (Å²) in [6, 6.07) is 11.5. The number of benzene rings is 1. The Hall–Kier alpha value is -3.27. The van der Waals surface area contributed by atoms with E-state index >= 15 is 0 Å². The van der Waals surface area contributed by atoms with Gasteiger partial charge in [0.2, 0.25) is 0 Å². The lowest BCUT2D eigenvalue weighted by Crippen LogP contribution is -1.93. The summed E-state index contributed by atoms with van der Waals surface area (Å²) in [7, 11) is 0. The van der Waals surface area contributed by atoms with Gasteiger partial charge in [-0.05, 0) is 18.2 Å². The van der Waals surface area contributed by atoms with Crippen LogP contribution in [0.2, 0.25) is 0 Å². The lowest BCUT2D eigenvalue weighted by atomic mass is 10.2. The van der Waals surface area contributed by atoms with Crippen molar-refractivity contribution in [3.05, 3.63) is 58.3 Å². The predicted octanol–water partition coefficient (Wildman–Crippen LogP) is 2.18. The maximum atomic E-state index is 11.0. The molecule has 0 spiro atoms. The third-order valence-corrected chi connectivity index (χ3v) is 2.82. The van der Waals surface area contributed by atoms with Crippen molar-refractivity contribution in [1.82, 2.24) is 14.6 Å². The van der Waals surface area contributed by atoms with Gasteiger partial charge in [0.15, 0.2) is 11.5 Å². The molecule has 2 heterocycles. The Labute approximate surface area is 112 Å². The fourth-order valence-corrected chi connectivity index (χ4v) is 1.93. The van der Waals surface area contributed by atoms with E-state index < -0.39 is 4.92 Å². The zero-order valence-corrected chi connectivity index (χ0v) is 10.1. The first-order valence-corrected chi connectivity index (χ1v) is 5.70. The first kappa shape index (κ1) is 11.8. The van der Waals surface area contributed by atoms with E-state index in [2.05, 4.69) is 10.1 Å². The second-order valence-corrected chi connectivity index (χ2v) is 4.01. The highest BCUT2D eigenvalue weighted by molar-refractivity contribution is 5.70. The monoisotopic (exact) mass is 265 g/mol. The van der Waals surface area contributed by atoms with E-state index in [0.717, 1.165) is 0 Å². The molecule has 0 bridgehead atoms. The molecule has 1 aromatic carbocycles. The van der Waals surface area contributed by atoms with Crippen molar-refractivity contribution in [1.29, 1.82) is 5.26 Å². The van der Waals surface area contributed by atoms with Gasteiger partial charge in [0.05, 0.1) is 16.1 Å². The Kier molecular flexibility index (Phi) is 2.62. The molecule has 0 atom stereocenters. The lowest BCUT2D eigenvalue weighted by Gasteiger charge is -1.96. The Morgan fingerprint density at radius 3 is 2.80 bits per heavy atom. The number of nitrogens with zero attached hydrogens (tertiary/aromatic N) is 5. The highest BCUT2D eigenvalue weighted by atomic mass is 16.6. The van der Waals surface area contributed by atoms with Gasteiger partial charge in [-0.3, -0.25) is 10.1 Å². The highest BCUT2D eigenvalue weighted by Crippen LogP contribution is 2.27. The van der Waals surface area contributed by atoms with Gasteiger partial charge in [-0.2, -0.15) is 5.26 Å². The van der Waals surface area contributed by atoms with E-state index in [0.29, 0.717) is 16.8 Å². The number of nitro groups is 1. The number of para-hydroxylation sites is 1. The number of hydrogen-bond donors (Lipinski definition) is 0. The van der Waals surface area contributed by atoms with Crippen LogP contribution in [0, 0.1) is 21.4 Å². The summed E-state index contributed by atoms with van der Waals surface area (Å²) in [4.78, 5) is 14.8. The molecule has 7 heteroatoms. The van der Waals surface area contributed by atoms with Crippen molar-refractivity contribution < 1.29 is 4.92 Å². The highest BCUT2D eigenvalue weighted by Gasteiger charge is 2.18. The molecule has 7 nitrogen and oxygen atoms in total. The minimum absolute atomic E-state index is 0.0677. The zero-order valence-electron chi connectivity index (χ0n) is 10.1. The van der Waals surface area contributed by atoms with E-state index in [1.54, 1.807) is 36.5 Å². The van der Waals surface area contributed by atoms with Crippen LogP contribution in [0.1, 0.15) is 5.56 Å². The van der Waals surface area contributed by atoms with Gasteiger partial charge in [0, 0.05) is 12.3 Å². The van der Waals surface area contributed by atoms with Gasteiger partial charge in [-0.15, -0.1) is 5.10 Å². The summed E-state index contributed by atoms with van der Waals surface area (Å²) >= 11 is 0. The van der Waals surface area contributed by atoms with Gasteiger partial charge in [-0.25, -0.2) is 9.50 Å². The molecule has 3 aromatic rings. The Balaban J connectivity index is 2.27. The van der Waals surface area contributed by atoms with Crippen molar-refractivity contribution in [3.8, 4) is 17.5 Å². The molecule has 0 aliphatic heterocycles. The van der Waals surface area contributed by atoms with Crippen LogP contribution in [0.3, 0.4) is 0 Å². The number of fused-ring (bicyclic) bond motifs is 1. The van der Waals surface area contributed by atoms with Crippen molar-refractivity contribution in [2.45, 2.75) is 0 Å². The molecule has 0 unspecified atom stereocenters. The second kappa shape index (κ2) is 4.44. The molecular weight excluding hydrogens is 258 g/mol. The summed E-state index contributed by atoms with van der Waals surface area (Å²) in [6.07, 6.45) is 1.64. The molecular formula is C13H7N5O2. The van der Waals surface area contributed by atoms with Gasteiger partial charge in [-0.1, -0.05) is 12.1 Å². The number of nitro benzene ring substituents is 1. The maximum absolute atomic E-state index is 11.0. The Morgan fingerprint density at radius 2 is 2.05 bits per heavy atom. The van der Waals surface area contributed by atoms with Crippen molar-refractivity contribution in [2.24, 2.45) is 0 Å². The van der Waals surface area contributed by atoms with E-state index in [9.17, 15) is 10.1 Å². The average molecular weight is 265 g/mol. The minimum atomic E-state index is -0.480. The minimum Gasteiger partial charge on any atom is -0.258 e. The summed E-state index contributed by atoms with van der Waals surface area (Å²) in [5, 5.41) is 24.2. The first-order valence-electron chi connectivity index (χ1n) is 5.70. The molecule has 20 heavy (non-hydrogen) atoms. The summed E-state index contributed by atoms with van der Waals surface area (Å²) in [5.74, 6) is 0.222. The standard InChI is InChI=1S/C13H7N5O2/c14-8-9-4-3-7-17-13(9)15-12(16-17)10-5-1-2-6-11(10)18(19)20/h1-7H. The second-order valence-electron chi connectivity index (χ2n) is 4.01. The predicted molar refractivity (Wildman–Crippen MR) is 69.8 cm³/mol. The molecule has 0 fully saturated rings. The van der Waals surface area contributed by atoms with Crippen LogP contribution in [0.15, 0.2) is 42.6 Å². The quantitative estimate of drug-likeness (QED) is 0.522. The molecule has 0 saturated carbocycles. The van der Waals surface area contributed by atoms with Gasteiger partial charge >= 0.3 is 0 Å². The number of aromatic nitrogens is 3. The van der Waals surface area contributed by atoms with E-state index in [1.165, 1.54) is 10.6 Å². The van der Waals surface area contributed by atoms with Gasteiger partial charge in [0.25, 0.3) is 5.69 Å². The van der Waals surface area contributed by atoms with Crippen LogP contribution in [0.4, 0.5) is 5.69 Å². The molecule has 0 amide bonds. The van der Waals surface area contributed by atoms with Crippen LogP contribution in [-0.4, -0.2) is 19.5 Å². The van der Waals surface area contributed by atoms with Crippen LogP contribution < -0.4 is 0 Å². The zero-order chi connectivity index (χ0) is 14.1. The number of nitriles is 1. The molecule has 0 N–H and O–H groups in total. The number of pyridine rings is 1. The van der Waals surface area contributed by atoms with Crippen LogP contribution in [-0.2, 0) is 0 Å². The van der Waals surface area contributed by atoms with Crippen molar-refractivity contribution in [2.75, 3.05) is 0 Å². The third-order valence-electron chi connectivity index (χ3n) is 2.82. The van der Waals surface area contributed by atoms with Crippen LogP contribution in [0.25, 0.3) is 17.0 Å². The molecule has 0 aliphatic rings. The van der Waals surface area contributed by atoms with E-state index in [4.69, 9.17) is 5.26 Å². The van der Waals surface area contributed by atoms with Crippen molar-refractivity contribution >= 4 is 11.3 Å². The summed E-state index contributed by atoms with van der Waals surface area (Å²) < 4.78 is 1.44. The molecule has 96 valence electrons.